The Hall–Kier alpha value is -1.19. The molecule has 0 aliphatic rings. The van der Waals surface area contributed by atoms with E-state index in [2.05, 4.69) is 48.4 Å². The molecule has 18 heavy (non-hydrogen) atoms. The van der Waals surface area contributed by atoms with Crippen molar-refractivity contribution in [1.29, 1.82) is 0 Å². The van der Waals surface area contributed by atoms with E-state index in [1.165, 1.54) is 16.0 Å². The topological polar surface area (TPSA) is 24.9 Å². The van der Waals surface area contributed by atoms with Crippen LogP contribution in [0.25, 0.3) is 0 Å². The zero-order chi connectivity index (χ0) is 13.0. The number of hydrogen-bond donors (Lipinski definition) is 1. The highest BCUT2D eigenvalue weighted by molar-refractivity contribution is 7.09. The lowest BCUT2D eigenvalue weighted by Gasteiger charge is -2.15. The van der Waals surface area contributed by atoms with Crippen molar-refractivity contribution in [2.45, 2.75) is 32.7 Å². The Morgan fingerprint density at radius 1 is 1.22 bits per heavy atom. The fourth-order valence-electron chi connectivity index (χ4n) is 2.12. The molecule has 1 aromatic heterocycles. The van der Waals surface area contributed by atoms with Crippen molar-refractivity contribution in [3.05, 3.63) is 51.5 Å². The number of aryl methyl sites for hydroxylation is 2. The van der Waals surface area contributed by atoms with Crippen molar-refractivity contribution in [1.82, 2.24) is 10.3 Å². The first-order valence-electron chi connectivity index (χ1n) is 6.39. The minimum Gasteiger partial charge on any atom is -0.312 e. The van der Waals surface area contributed by atoms with Crippen LogP contribution in [0.3, 0.4) is 0 Å². The van der Waals surface area contributed by atoms with Gasteiger partial charge in [-0.25, -0.2) is 4.98 Å². The second-order valence-corrected chi connectivity index (χ2v) is 5.40. The molecule has 2 rings (SSSR count). The van der Waals surface area contributed by atoms with Gasteiger partial charge in [-0.3, -0.25) is 0 Å². The quantitative estimate of drug-likeness (QED) is 0.889. The van der Waals surface area contributed by atoms with Gasteiger partial charge in [0.1, 0.15) is 0 Å². The first kappa shape index (κ1) is 13.2. The van der Waals surface area contributed by atoms with Crippen LogP contribution in [0.4, 0.5) is 0 Å². The van der Waals surface area contributed by atoms with Crippen LogP contribution in [0.2, 0.25) is 0 Å². The molecular weight excluding hydrogens is 240 g/mol. The van der Waals surface area contributed by atoms with Gasteiger partial charge in [-0.05, 0) is 37.9 Å². The number of likely N-dealkylation sites (N-methyl/N-ethyl adjacent to an activating group) is 1. The van der Waals surface area contributed by atoms with Gasteiger partial charge < -0.3 is 5.32 Å². The fourth-order valence-corrected chi connectivity index (χ4v) is 3.03. The molecule has 3 heteroatoms. The zero-order valence-corrected chi connectivity index (χ0v) is 12.1. The van der Waals surface area contributed by atoms with E-state index in [0.717, 1.165) is 18.5 Å². The molecule has 96 valence electrons. The van der Waals surface area contributed by atoms with E-state index in [0.29, 0.717) is 6.04 Å². The van der Waals surface area contributed by atoms with Gasteiger partial charge in [-0.15, -0.1) is 11.3 Å². The van der Waals surface area contributed by atoms with Crippen LogP contribution in [0.1, 0.15) is 34.7 Å². The molecule has 1 aromatic carbocycles. The minimum atomic E-state index is 0.366. The lowest BCUT2D eigenvalue weighted by molar-refractivity contribution is 0.597. The number of nitrogens with one attached hydrogen (secondary N) is 1. The molecule has 1 heterocycles. The number of nitrogens with zero attached hydrogens (tertiary/aromatic N) is 1. The predicted octanol–water partition coefficient (Wildman–Crippen LogP) is 3.52. The van der Waals surface area contributed by atoms with Crippen LogP contribution in [-0.2, 0) is 12.8 Å². The monoisotopic (exact) mass is 260 g/mol. The van der Waals surface area contributed by atoms with Crippen LogP contribution in [0.15, 0.2) is 29.8 Å². The number of aromatic nitrogens is 1. The van der Waals surface area contributed by atoms with E-state index in [-0.39, 0.29) is 0 Å². The molecule has 0 aliphatic heterocycles. The third-order valence-electron chi connectivity index (χ3n) is 3.32. The smallest absolute Gasteiger partial charge is 0.0798 e. The molecule has 0 saturated carbocycles. The molecule has 0 fully saturated rings. The van der Waals surface area contributed by atoms with Gasteiger partial charge in [0, 0.05) is 10.9 Å². The summed E-state index contributed by atoms with van der Waals surface area (Å²) in [4.78, 5) is 5.68. The maximum absolute atomic E-state index is 4.33. The fraction of sp³-hybridized carbons (Fsp3) is 0.400. The lowest BCUT2D eigenvalue weighted by Crippen LogP contribution is -2.18. The molecule has 0 amide bonds. The second kappa shape index (κ2) is 6.12. The summed E-state index contributed by atoms with van der Waals surface area (Å²) in [5.74, 6) is 0. The molecule has 1 atom stereocenters. The normalized spacial score (nSPS) is 12.6. The molecule has 1 N–H and O–H groups in total. The van der Waals surface area contributed by atoms with E-state index in [9.17, 15) is 0 Å². The minimum absolute atomic E-state index is 0.366. The molecule has 1 unspecified atom stereocenters. The van der Waals surface area contributed by atoms with Gasteiger partial charge in [0.2, 0.25) is 0 Å². The van der Waals surface area contributed by atoms with E-state index < -0.39 is 0 Å². The highest BCUT2D eigenvalue weighted by Crippen LogP contribution is 2.24. The van der Waals surface area contributed by atoms with Gasteiger partial charge in [-0.1, -0.05) is 31.2 Å². The van der Waals surface area contributed by atoms with Crippen molar-refractivity contribution in [2.24, 2.45) is 0 Å². The van der Waals surface area contributed by atoms with Crippen molar-refractivity contribution >= 4 is 11.3 Å². The summed E-state index contributed by atoms with van der Waals surface area (Å²) >= 11 is 1.74. The molecule has 0 aliphatic carbocycles. The Kier molecular flexibility index (Phi) is 4.50. The predicted molar refractivity (Wildman–Crippen MR) is 78.2 cm³/mol. The van der Waals surface area contributed by atoms with Gasteiger partial charge in [-0.2, -0.15) is 0 Å². The number of thiazole rings is 1. The average Bonchev–Trinajstić information content (AvgIpc) is 2.83. The van der Waals surface area contributed by atoms with Crippen LogP contribution in [0.5, 0.6) is 0 Å². The summed E-state index contributed by atoms with van der Waals surface area (Å²) < 4.78 is 0. The van der Waals surface area contributed by atoms with Crippen LogP contribution in [0, 0.1) is 6.92 Å². The van der Waals surface area contributed by atoms with E-state index in [1.807, 2.05) is 12.6 Å². The van der Waals surface area contributed by atoms with Gasteiger partial charge in [0.25, 0.3) is 0 Å². The summed E-state index contributed by atoms with van der Waals surface area (Å²) in [6.45, 7) is 4.27. The first-order chi connectivity index (χ1) is 8.74. The molecule has 0 bridgehead atoms. The Bertz CT molecular complexity index is 487. The zero-order valence-electron chi connectivity index (χ0n) is 11.2. The SMILES string of the molecule is CCc1ccc(CC(NC)c2scnc2C)cc1. The van der Waals surface area contributed by atoms with Crippen molar-refractivity contribution in [2.75, 3.05) is 7.05 Å². The number of rotatable bonds is 5. The van der Waals surface area contributed by atoms with E-state index in [4.69, 9.17) is 0 Å². The van der Waals surface area contributed by atoms with Crippen molar-refractivity contribution < 1.29 is 0 Å². The largest absolute Gasteiger partial charge is 0.312 e. The third-order valence-corrected chi connectivity index (χ3v) is 4.36. The maximum atomic E-state index is 4.33. The summed E-state index contributed by atoms with van der Waals surface area (Å²) in [5.41, 5.74) is 5.84. The van der Waals surface area contributed by atoms with Gasteiger partial charge in [0.05, 0.1) is 11.2 Å². The molecule has 2 nitrogen and oxygen atoms in total. The summed E-state index contributed by atoms with van der Waals surface area (Å²) in [5, 5.41) is 3.39. The molecule has 2 aromatic rings. The third kappa shape index (κ3) is 2.98. The first-order valence-corrected chi connectivity index (χ1v) is 7.27. The number of benzene rings is 1. The summed E-state index contributed by atoms with van der Waals surface area (Å²) in [7, 11) is 2.02. The standard InChI is InChI=1S/C15H20N2S/c1-4-12-5-7-13(8-6-12)9-14(16-3)15-11(2)17-10-18-15/h5-8,10,14,16H,4,9H2,1-3H3. The summed E-state index contributed by atoms with van der Waals surface area (Å²) in [6, 6.07) is 9.28. The molecular formula is C15H20N2S. The molecule has 0 spiro atoms. The van der Waals surface area contributed by atoms with Crippen molar-refractivity contribution in [3.63, 3.8) is 0 Å². The van der Waals surface area contributed by atoms with E-state index >= 15 is 0 Å². The molecule has 0 saturated heterocycles. The lowest BCUT2D eigenvalue weighted by atomic mass is 10.0. The van der Waals surface area contributed by atoms with Crippen molar-refractivity contribution in [3.8, 4) is 0 Å². The van der Waals surface area contributed by atoms with Gasteiger partial charge in [0.15, 0.2) is 0 Å². The Balaban J connectivity index is 2.13. The Labute approximate surface area is 113 Å². The Morgan fingerprint density at radius 3 is 2.39 bits per heavy atom. The highest BCUT2D eigenvalue weighted by atomic mass is 32.1. The average molecular weight is 260 g/mol. The highest BCUT2D eigenvalue weighted by Gasteiger charge is 2.14. The molecule has 0 radical (unpaired) electrons. The van der Waals surface area contributed by atoms with Crippen LogP contribution < -0.4 is 5.32 Å². The van der Waals surface area contributed by atoms with Gasteiger partial charge >= 0.3 is 0 Å². The Morgan fingerprint density at radius 2 is 1.89 bits per heavy atom. The second-order valence-electron chi connectivity index (χ2n) is 4.52. The van der Waals surface area contributed by atoms with Crippen LogP contribution in [-0.4, -0.2) is 12.0 Å². The maximum Gasteiger partial charge on any atom is 0.0798 e. The van der Waals surface area contributed by atoms with E-state index in [1.54, 1.807) is 11.3 Å². The number of hydrogen-bond acceptors (Lipinski definition) is 3. The summed E-state index contributed by atoms with van der Waals surface area (Å²) in [6.07, 6.45) is 2.12. The van der Waals surface area contributed by atoms with Crippen LogP contribution >= 0.6 is 11.3 Å².